The molecule has 1 fully saturated rings. The molecule has 7 N–H and O–H groups in total. The molecule has 2 aliphatic heterocycles. The van der Waals surface area contributed by atoms with Crippen LogP contribution in [-0.2, 0) is 33.6 Å². The third kappa shape index (κ3) is 12.0. The minimum absolute atomic E-state index is 0.0351. The molecule has 3 aliphatic rings. The summed E-state index contributed by atoms with van der Waals surface area (Å²) in [4.78, 5) is 27.4. The number of carbonyl (C=O) groups is 2. The van der Waals surface area contributed by atoms with E-state index in [1.54, 1.807) is 26.0 Å². The summed E-state index contributed by atoms with van der Waals surface area (Å²) in [5.41, 5.74) is 6.73. The van der Waals surface area contributed by atoms with Crippen molar-refractivity contribution in [3.8, 4) is 0 Å². The Bertz CT molecular complexity index is 1450. The zero-order chi connectivity index (χ0) is 37.2. The van der Waals surface area contributed by atoms with Crippen molar-refractivity contribution in [3.05, 3.63) is 58.5 Å². The summed E-state index contributed by atoms with van der Waals surface area (Å²) in [5.74, 6) is -1.35. The van der Waals surface area contributed by atoms with Gasteiger partial charge in [0.25, 0.3) is 5.91 Å². The molecule has 2 amide bonds. The minimum atomic E-state index is -4.97. The number of primary amides is 1. The third-order valence-corrected chi connectivity index (χ3v) is 9.68. The fourth-order valence-corrected chi connectivity index (χ4v) is 7.02. The number of allylic oxidation sites excluding steroid dienone is 2. The molecule has 50 heavy (non-hydrogen) atoms. The number of carbonyl (C=O) groups excluding carboxylic acids is 2. The van der Waals surface area contributed by atoms with Crippen molar-refractivity contribution >= 4 is 22.4 Å². The molecule has 0 radical (unpaired) electrons. The monoisotopic (exact) mass is 726 g/mol. The van der Waals surface area contributed by atoms with Crippen LogP contribution in [0.2, 0.25) is 0 Å². The first-order valence-electron chi connectivity index (χ1n) is 16.8. The molecule has 16 heteroatoms. The topological polar surface area (TPSA) is 219 Å². The zero-order valence-electron chi connectivity index (χ0n) is 29.7. The van der Waals surface area contributed by atoms with Gasteiger partial charge in [-0.3, -0.25) is 9.35 Å². The summed E-state index contributed by atoms with van der Waals surface area (Å²) >= 11 is 0. The Balaban J connectivity index is 2.11. The standard InChI is InChI=1S/C34H54N4O11S/c1-20-16-24-29(36-12-15-38-13-7-8-14-38)27(49-50(43,44)45)19-25(31(24)40)37-33(41)21(2)10-9-11-26(46-5)32(48-34(35)42)23(4)18-22(3)30(39)28(17-20)47-6/h9-11,18-20,22,26-28,30-32,36,39-40H,7-8,12-17H2,1-6H3,(H2,35,42)(H,37,41)(H,43,44,45)/b11-9-,21-10+,23-18+/t20-,22+,26+,27?,28+,30-,31?,32+/m1/s1. The van der Waals surface area contributed by atoms with Crippen molar-refractivity contribution in [3.63, 3.8) is 0 Å². The van der Waals surface area contributed by atoms with Gasteiger partial charge < -0.3 is 45.7 Å². The lowest BCUT2D eigenvalue weighted by atomic mass is 9.84. The Labute approximate surface area is 295 Å². The maximum Gasteiger partial charge on any atom is 0.405 e. The van der Waals surface area contributed by atoms with E-state index in [0.717, 1.165) is 25.9 Å². The van der Waals surface area contributed by atoms with E-state index in [4.69, 9.17) is 24.1 Å². The molecule has 282 valence electrons. The molecule has 2 unspecified atom stereocenters. The minimum Gasteiger partial charge on any atom is -0.439 e. The molecule has 2 heterocycles. The van der Waals surface area contributed by atoms with Crippen LogP contribution in [0.25, 0.3) is 0 Å². The predicted octanol–water partition coefficient (Wildman–Crippen LogP) is 1.86. The van der Waals surface area contributed by atoms with E-state index in [1.165, 1.54) is 39.4 Å². The lowest BCUT2D eigenvalue weighted by molar-refractivity contribution is -0.117. The van der Waals surface area contributed by atoms with Gasteiger partial charge in [-0.05, 0) is 75.8 Å². The fraction of sp³-hybridized carbons (Fsp3) is 0.647. The van der Waals surface area contributed by atoms with E-state index in [0.29, 0.717) is 30.7 Å². The van der Waals surface area contributed by atoms with Crippen LogP contribution in [0.5, 0.6) is 0 Å². The number of rotatable bonds is 9. The average Bonchev–Trinajstić information content (AvgIpc) is 3.56. The van der Waals surface area contributed by atoms with Gasteiger partial charge in [-0.25, -0.2) is 8.98 Å². The molecular weight excluding hydrogens is 672 g/mol. The van der Waals surface area contributed by atoms with Gasteiger partial charge >= 0.3 is 16.5 Å². The zero-order valence-corrected chi connectivity index (χ0v) is 30.5. The average molecular weight is 727 g/mol. The van der Waals surface area contributed by atoms with Gasteiger partial charge in [-0.1, -0.05) is 38.2 Å². The molecule has 0 spiro atoms. The lowest BCUT2D eigenvalue weighted by Crippen LogP contribution is -2.42. The first-order valence-corrected chi connectivity index (χ1v) is 18.2. The first kappa shape index (κ1) is 41.3. The maximum absolute atomic E-state index is 13.3. The third-order valence-electron chi connectivity index (χ3n) is 9.23. The molecule has 1 saturated heterocycles. The number of aliphatic hydroxyl groups excluding tert-OH is 2. The number of hydrogen-bond donors (Lipinski definition) is 6. The van der Waals surface area contributed by atoms with Crippen molar-refractivity contribution in [2.45, 2.75) is 90.0 Å². The largest absolute Gasteiger partial charge is 0.439 e. The van der Waals surface area contributed by atoms with Gasteiger partial charge in [0.15, 0.2) is 6.10 Å². The number of likely N-dealkylation sites (tertiary alicyclic amines) is 1. The van der Waals surface area contributed by atoms with Crippen LogP contribution in [0.15, 0.2) is 58.5 Å². The van der Waals surface area contributed by atoms with Gasteiger partial charge in [-0.2, -0.15) is 8.42 Å². The molecule has 0 aromatic carbocycles. The van der Waals surface area contributed by atoms with Crippen LogP contribution >= 0.6 is 0 Å². The lowest BCUT2D eigenvalue weighted by Gasteiger charge is -2.34. The second-order valence-electron chi connectivity index (χ2n) is 13.2. The summed E-state index contributed by atoms with van der Waals surface area (Å²) in [5, 5.41) is 29.0. The van der Waals surface area contributed by atoms with Crippen molar-refractivity contribution in [2.24, 2.45) is 17.6 Å². The molecule has 2 bridgehead atoms. The first-order chi connectivity index (χ1) is 23.5. The summed E-state index contributed by atoms with van der Waals surface area (Å²) in [7, 11) is -2.07. The quantitative estimate of drug-likeness (QED) is 0.148. The Hall–Kier alpha value is -3.09. The van der Waals surface area contributed by atoms with Gasteiger partial charge in [0, 0.05) is 44.5 Å². The molecule has 0 aromatic heterocycles. The van der Waals surface area contributed by atoms with Gasteiger partial charge in [0.2, 0.25) is 0 Å². The Kier molecular flexibility index (Phi) is 15.7. The number of methoxy groups -OCH3 is 2. The predicted molar refractivity (Wildman–Crippen MR) is 186 cm³/mol. The molecule has 0 aromatic rings. The van der Waals surface area contributed by atoms with Crippen molar-refractivity contribution in [1.82, 2.24) is 15.5 Å². The number of hydrogen-bond acceptors (Lipinski definition) is 12. The van der Waals surface area contributed by atoms with Crippen molar-refractivity contribution < 1.29 is 51.2 Å². The van der Waals surface area contributed by atoms with Crippen molar-refractivity contribution in [1.29, 1.82) is 0 Å². The highest BCUT2D eigenvalue weighted by Crippen LogP contribution is 2.33. The number of nitrogens with two attached hydrogens (primary N) is 1. The van der Waals surface area contributed by atoms with Crippen LogP contribution in [-0.4, -0.2) is 117 Å². The fourth-order valence-electron chi connectivity index (χ4n) is 6.60. The molecule has 3 rings (SSSR count). The second-order valence-corrected chi connectivity index (χ2v) is 14.3. The number of amides is 2. The highest BCUT2D eigenvalue weighted by molar-refractivity contribution is 7.80. The van der Waals surface area contributed by atoms with Crippen LogP contribution in [0.4, 0.5) is 4.79 Å². The van der Waals surface area contributed by atoms with Crippen LogP contribution in [0.1, 0.15) is 53.4 Å². The summed E-state index contributed by atoms with van der Waals surface area (Å²) in [6.45, 7) is 9.88. The van der Waals surface area contributed by atoms with Crippen LogP contribution in [0.3, 0.4) is 0 Å². The van der Waals surface area contributed by atoms with E-state index in [9.17, 15) is 32.8 Å². The number of ether oxygens (including phenoxy) is 3. The summed E-state index contributed by atoms with van der Waals surface area (Å²) in [6, 6.07) is 0. The molecule has 1 aliphatic carbocycles. The van der Waals surface area contributed by atoms with E-state index in [-0.39, 0.29) is 29.3 Å². The normalized spacial score (nSPS) is 33.8. The van der Waals surface area contributed by atoms with Crippen molar-refractivity contribution in [2.75, 3.05) is 40.4 Å². The number of aliphatic hydroxyl groups is 2. The summed E-state index contributed by atoms with van der Waals surface area (Å²) < 4.78 is 55.6. The number of fused-ring (bicyclic) bond motifs is 2. The Morgan fingerprint density at radius 1 is 1.12 bits per heavy atom. The maximum atomic E-state index is 13.3. The molecule has 8 atom stereocenters. The highest BCUT2D eigenvalue weighted by Gasteiger charge is 2.36. The van der Waals surface area contributed by atoms with Gasteiger partial charge in [-0.15, -0.1) is 0 Å². The Morgan fingerprint density at radius 3 is 2.40 bits per heavy atom. The summed E-state index contributed by atoms with van der Waals surface area (Å²) in [6.07, 6.45) is 3.02. The van der Waals surface area contributed by atoms with Gasteiger partial charge in [0.1, 0.15) is 18.3 Å². The van der Waals surface area contributed by atoms with E-state index < -0.39 is 64.9 Å². The molecular formula is C34H54N4O11S. The highest BCUT2D eigenvalue weighted by atomic mass is 32.3. The number of nitrogens with one attached hydrogen (secondary N) is 2. The van der Waals surface area contributed by atoms with E-state index in [2.05, 4.69) is 15.5 Å². The van der Waals surface area contributed by atoms with Gasteiger partial charge in [0.05, 0.1) is 17.9 Å². The van der Waals surface area contributed by atoms with E-state index >= 15 is 0 Å². The Morgan fingerprint density at radius 2 is 1.80 bits per heavy atom. The smallest absolute Gasteiger partial charge is 0.405 e. The van der Waals surface area contributed by atoms with Crippen LogP contribution < -0.4 is 16.4 Å². The molecule has 15 nitrogen and oxygen atoms in total. The second kappa shape index (κ2) is 18.9. The SMILES string of the molecule is CO[C@H]1/C=C\C=C(/C)C(=O)NC2=CC(OS(=O)(=O)O)C(NCCN3CCCC3)=C(C[C@@H](C)C[C@H](OC)[C@H](O)[C@@H](C)/C=C(\C)[C@@H]1OC(N)=O)C2O. The molecule has 0 saturated carbocycles. The number of nitrogens with zero attached hydrogens (tertiary/aromatic N) is 1. The van der Waals surface area contributed by atoms with Crippen LogP contribution in [0, 0.1) is 11.8 Å². The van der Waals surface area contributed by atoms with E-state index in [1.807, 2.05) is 6.92 Å².